The molecule has 0 radical (unpaired) electrons. The van der Waals surface area contributed by atoms with Gasteiger partial charge in [-0.05, 0) is 50.1 Å². The Balaban J connectivity index is 1.37. The second kappa shape index (κ2) is 9.90. The molecule has 0 unspecified atom stereocenters. The lowest BCUT2D eigenvalue weighted by molar-refractivity contribution is -0.130. The number of aromatic nitrogens is 2. The van der Waals surface area contributed by atoms with Crippen molar-refractivity contribution in [2.45, 2.75) is 27.2 Å². The van der Waals surface area contributed by atoms with Gasteiger partial charge in [0.05, 0.1) is 13.5 Å². The minimum absolute atomic E-state index is 0.145. The van der Waals surface area contributed by atoms with Gasteiger partial charge in [0.1, 0.15) is 11.6 Å². The molecule has 7 nitrogen and oxygen atoms in total. The number of ether oxygens (including phenoxy) is 1. The SMILES string of the molecule is COc1ccc(CC(=O)N2CCN(c3nc(C)cc(Nc4ccc(C)cc4)n3)CC2)cc1C. The molecule has 0 bridgehead atoms. The van der Waals surface area contributed by atoms with Crippen LogP contribution in [0.3, 0.4) is 0 Å². The van der Waals surface area contributed by atoms with Crippen LogP contribution in [0.2, 0.25) is 0 Å². The summed E-state index contributed by atoms with van der Waals surface area (Å²) in [5, 5.41) is 3.37. The number of piperazine rings is 1. The monoisotopic (exact) mass is 445 g/mol. The Morgan fingerprint density at radius 1 is 0.970 bits per heavy atom. The maximum atomic E-state index is 12.8. The Hall–Kier alpha value is -3.61. The molecular formula is C26H31N5O2. The first-order valence-electron chi connectivity index (χ1n) is 11.3. The first-order chi connectivity index (χ1) is 15.9. The molecule has 172 valence electrons. The lowest BCUT2D eigenvalue weighted by atomic mass is 10.1. The molecule has 3 aromatic rings. The molecule has 0 aliphatic carbocycles. The number of carbonyl (C=O) groups excluding carboxylic acids is 1. The molecule has 0 saturated carbocycles. The molecule has 1 N–H and O–H groups in total. The van der Waals surface area contributed by atoms with Gasteiger partial charge < -0.3 is 19.9 Å². The summed E-state index contributed by atoms with van der Waals surface area (Å²) in [5.41, 5.74) is 5.17. The number of hydrogen-bond acceptors (Lipinski definition) is 6. The quantitative estimate of drug-likeness (QED) is 0.617. The third-order valence-electron chi connectivity index (χ3n) is 5.90. The highest BCUT2D eigenvalue weighted by Gasteiger charge is 2.23. The van der Waals surface area contributed by atoms with Gasteiger partial charge in [0, 0.05) is 43.6 Å². The van der Waals surface area contributed by atoms with Crippen molar-refractivity contribution in [3.63, 3.8) is 0 Å². The molecule has 1 aromatic heterocycles. The fourth-order valence-electron chi connectivity index (χ4n) is 4.04. The largest absolute Gasteiger partial charge is 0.496 e. The van der Waals surface area contributed by atoms with Crippen LogP contribution < -0.4 is 15.0 Å². The summed E-state index contributed by atoms with van der Waals surface area (Å²) < 4.78 is 5.31. The van der Waals surface area contributed by atoms with E-state index in [2.05, 4.69) is 34.3 Å². The number of methoxy groups -OCH3 is 1. The molecule has 1 aliphatic rings. The number of nitrogens with one attached hydrogen (secondary N) is 1. The molecule has 1 saturated heterocycles. The van der Waals surface area contributed by atoms with Gasteiger partial charge in [0.2, 0.25) is 11.9 Å². The summed E-state index contributed by atoms with van der Waals surface area (Å²) in [7, 11) is 1.66. The second-order valence-electron chi connectivity index (χ2n) is 8.53. The maximum absolute atomic E-state index is 12.8. The van der Waals surface area contributed by atoms with Gasteiger partial charge >= 0.3 is 0 Å². The molecule has 1 fully saturated rings. The highest BCUT2D eigenvalue weighted by atomic mass is 16.5. The molecule has 0 atom stereocenters. The minimum Gasteiger partial charge on any atom is -0.496 e. The van der Waals surface area contributed by atoms with Crippen molar-refractivity contribution >= 4 is 23.4 Å². The van der Waals surface area contributed by atoms with Crippen molar-refractivity contribution in [3.8, 4) is 5.75 Å². The third kappa shape index (κ3) is 5.61. The fraction of sp³-hybridized carbons (Fsp3) is 0.346. The first kappa shape index (κ1) is 22.6. The van der Waals surface area contributed by atoms with Gasteiger partial charge in [-0.15, -0.1) is 0 Å². The van der Waals surface area contributed by atoms with E-state index in [1.165, 1.54) is 5.56 Å². The number of nitrogens with zero attached hydrogens (tertiary/aromatic N) is 4. The predicted molar refractivity (Wildman–Crippen MR) is 131 cm³/mol. The number of anilines is 3. The number of amides is 1. The molecule has 1 aliphatic heterocycles. The summed E-state index contributed by atoms with van der Waals surface area (Å²) >= 11 is 0. The van der Waals surface area contributed by atoms with Crippen LogP contribution in [-0.2, 0) is 11.2 Å². The van der Waals surface area contributed by atoms with Crippen molar-refractivity contribution < 1.29 is 9.53 Å². The van der Waals surface area contributed by atoms with E-state index in [1.54, 1.807) is 7.11 Å². The van der Waals surface area contributed by atoms with E-state index >= 15 is 0 Å². The van der Waals surface area contributed by atoms with Gasteiger partial charge in [0.15, 0.2) is 0 Å². The highest BCUT2D eigenvalue weighted by molar-refractivity contribution is 5.79. The van der Waals surface area contributed by atoms with Crippen molar-refractivity contribution in [1.29, 1.82) is 0 Å². The lowest BCUT2D eigenvalue weighted by Gasteiger charge is -2.35. The summed E-state index contributed by atoms with van der Waals surface area (Å²) in [4.78, 5) is 26.3. The van der Waals surface area contributed by atoms with Crippen LogP contribution in [0.5, 0.6) is 5.75 Å². The van der Waals surface area contributed by atoms with Crippen molar-refractivity contribution in [3.05, 3.63) is 70.9 Å². The molecular weight excluding hydrogens is 414 g/mol. The molecule has 4 rings (SSSR count). The van der Waals surface area contributed by atoms with E-state index in [-0.39, 0.29) is 5.91 Å². The summed E-state index contributed by atoms with van der Waals surface area (Å²) in [5.74, 6) is 2.46. The Morgan fingerprint density at radius 2 is 1.70 bits per heavy atom. The summed E-state index contributed by atoms with van der Waals surface area (Å²) in [6, 6.07) is 16.1. The Bertz CT molecular complexity index is 1120. The van der Waals surface area contributed by atoms with Crippen LogP contribution in [0.1, 0.15) is 22.4 Å². The van der Waals surface area contributed by atoms with E-state index in [4.69, 9.17) is 9.72 Å². The van der Waals surface area contributed by atoms with Crippen LogP contribution in [0.4, 0.5) is 17.5 Å². The van der Waals surface area contributed by atoms with Gasteiger partial charge in [-0.2, -0.15) is 4.98 Å². The van der Waals surface area contributed by atoms with Crippen LogP contribution in [0, 0.1) is 20.8 Å². The Labute approximate surface area is 195 Å². The Morgan fingerprint density at radius 3 is 2.36 bits per heavy atom. The van der Waals surface area contributed by atoms with Gasteiger partial charge in [0.25, 0.3) is 0 Å². The lowest BCUT2D eigenvalue weighted by Crippen LogP contribution is -2.49. The molecule has 33 heavy (non-hydrogen) atoms. The number of aryl methyl sites for hydroxylation is 3. The number of hydrogen-bond donors (Lipinski definition) is 1. The zero-order valence-electron chi connectivity index (χ0n) is 19.8. The molecule has 2 aromatic carbocycles. The topological polar surface area (TPSA) is 70.6 Å². The number of rotatable bonds is 6. The second-order valence-corrected chi connectivity index (χ2v) is 8.53. The van der Waals surface area contributed by atoms with Crippen LogP contribution in [0.15, 0.2) is 48.5 Å². The maximum Gasteiger partial charge on any atom is 0.227 e. The Kier molecular flexibility index (Phi) is 6.77. The first-order valence-corrected chi connectivity index (χ1v) is 11.3. The average Bonchev–Trinajstić information content (AvgIpc) is 2.80. The minimum atomic E-state index is 0.145. The van der Waals surface area contributed by atoms with Crippen LogP contribution >= 0.6 is 0 Å². The van der Waals surface area contributed by atoms with Crippen LogP contribution in [0.25, 0.3) is 0 Å². The third-order valence-corrected chi connectivity index (χ3v) is 5.90. The fourth-order valence-corrected chi connectivity index (χ4v) is 4.04. The molecule has 0 spiro atoms. The zero-order valence-corrected chi connectivity index (χ0v) is 19.8. The normalized spacial score (nSPS) is 13.7. The smallest absolute Gasteiger partial charge is 0.227 e. The van der Waals surface area contributed by atoms with E-state index in [0.29, 0.717) is 38.5 Å². The average molecular weight is 446 g/mol. The summed E-state index contributed by atoms with van der Waals surface area (Å²) in [6.07, 6.45) is 0.399. The van der Waals surface area contributed by atoms with Crippen molar-refractivity contribution in [1.82, 2.24) is 14.9 Å². The van der Waals surface area contributed by atoms with Gasteiger partial charge in [-0.1, -0.05) is 29.8 Å². The highest BCUT2D eigenvalue weighted by Crippen LogP contribution is 2.21. The van der Waals surface area contributed by atoms with E-state index in [9.17, 15) is 4.79 Å². The molecule has 1 amide bonds. The predicted octanol–water partition coefficient (Wildman–Crippen LogP) is 4.05. The number of carbonyl (C=O) groups is 1. The molecule has 2 heterocycles. The zero-order chi connectivity index (χ0) is 23.4. The van der Waals surface area contributed by atoms with Crippen molar-refractivity contribution in [2.75, 3.05) is 43.5 Å². The van der Waals surface area contributed by atoms with E-state index < -0.39 is 0 Å². The van der Waals surface area contributed by atoms with Crippen molar-refractivity contribution in [2.24, 2.45) is 0 Å². The van der Waals surface area contributed by atoms with E-state index in [0.717, 1.165) is 34.1 Å². The molecule has 7 heteroatoms. The summed E-state index contributed by atoms with van der Waals surface area (Å²) in [6.45, 7) is 8.77. The number of benzene rings is 2. The standard InChI is InChI=1S/C26H31N5O2/c1-18-5-8-22(9-6-18)28-24-16-20(3)27-26(29-24)31-13-11-30(12-14-31)25(32)17-21-7-10-23(33-4)19(2)15-21/h5-10,15-16H,11-14,17H2,1-4H3,(H,27,28,29). The van der Waals surface area contributed by atoms with E-state index in [1.807, 2.05) is 55.1 Å². The van der Waals surface area contributed by atoms with Gasteiger partial charge in [-0.3, -0.25) is 4.79 Å². The van der Waals surface area contributed by atoms with Gasteiger partial charge in [-0.25, -0.2) is 4.98 Å². The van der Waals surface area contributed by atoms with Crippen LogP contribution in [-0.4, -0.2) is 54.1 Å².